The molecule has 1 aliphatic heterocycles. The smallest absolute Gasteiger partial charge is 0.325 e. The molecule has 1 heterocycles. The molecule has 1 atom stereocenters. The summed E-state index contributed by atoms with van der Waals surface area (Å²) in [4.78, 5) is 39.4. The van der Waals surface area contributed by atoms with Crippen LogP contribution >= 0.6 is 0 Å². The van der Waals surface area contributed by atoms with Gasteiger partial charge in [0.15, 0.2) is 0 Å². The molecular formula is C26H39N3O3. The van der Waals surface area contributed by atoms with Crippen molar-refractivity contribution in [1.29, 1.82) is 0 Å². The number of rotatable bonds is 6. The van der Waals surface area contributed by atoms with Gasteiger partial charge in [-0.3, -0.25) is 14.5 Å². The number of hydrogen-bond donors (Lipinski definition) is 2. The van der Waals surface area contributed by atoms with Crippen LogP contribution < -0.4 is 10.6 Å². The minimum atomic E-state index is -0.836. The molecule has 2 fully saturated rings. The number of urea groups is 1. The molecule has 6 nitrogen and oxygen atoms in total. The van der Waals surface area contributed by atoms with Gasteiger partial charge in [0.25, 0.3) is 5.91 Å². The van der Waals surface area contributed by atoms with Gasteiger partial charge in [-0.25, -0.2) is 4.79 Å². The topological polar surface area (TPSA) is 78.5 Å². The summed E-state index contributed by atoms with van der Waals surface area (Å²) in [7, 11) is 0. The summed E-state index contributed by atoms with van der Waals surface area (Å²) in [5.41, 5.74) is 1.63. The van der Waals surface area contributed by atoms with Crippen molar-refractivity contribution in [2.75, 3.05) is 6.54 Å². The number of imide groups is 1. The van der Waals surface area contributed by atoms with E-state index in [9.17, 15) is 14.4 Å². The Labute approximate surface area is 192 Å². The van der Waals surface area contributed by atoms with Crippen molar-refractivity contribution in [1.82, 2.24) is 15.5 Å². The van der Waals surface area contributed by atoms with Crippen LogP contribution in [0.25, 0.3) is 0 Å². The van der Waals surface area contributed by atoms with Gasteiger partial charge in [0.05, 0.1) is 6.04 Å². The summed E-state index contributed by atoms with van der Waals surface area (Å²) < 4.78 is 0. The van der Waals surface area contributed by atoms with Gasteiger partial charge in [-0.15, -0.1) is 0 Å². The standard InChI is InChI=1S/C26H39N3O3/c1-17(2)15-19-7-9-20(10-8-19)18(3)27-22(30)16-29-23(31)26(28-24(29)32)13-11-21(12-14-26)25(4,5)6/h7-10,17-18,21H,11-16H2,1-6H3,(H,27,30)(H,28,32). The maximum absolute atomic E-state index is 13.1. The lowest BCUT2D eigenvalue weighted by Gasteiger charge is -2.40. The Morgan fingerprint density at radius 2 is 1.72 bits per heavy atom. The maximum Gasteiger partial charge on any atom is 0.325 e. The highest BCUT2D eigenvalue weighted by Gasteiger charge is 2.53. The Bertz CT molecular complexity index is 846. The number of amides is 4. The molecule has 176 valence electrons. The Balaban J connectivity index is 1.57. The van der Waals surface area contributed by atoms with Crippen molar-refractivity contribution in [3.8, 4) is 0 Å². The highest BCUT2D eigenvalue weighted by atomic mass is 16.2. The number of nitrogens with zero attached hydrogens (tertiary/aromatic N) is 1. The first-order chi connectivity index (χ1) is 14.9. The van der Waals surface area contributed by atoms with E-state index in [-0.39, 0.29) is 29.8 Å². The molecule has 0 radical (unpaired) electrons. The van der Waals surface area contributed by atoms with E-state index in [0.29, 0.717) is 24.7 Å². The molecule has 4 amide bonds. The molecule has 32 heavy (non-hydrogen) atoms. The van der Waals surface area contributed by atoms with E-state index in [4.69, 9.17) is 0 Å². The fourth-order valence-corrected chi connectivity index (χ4v) is 5.06. The van der Waals surface area contributed by atoms with Gasteiger partial charge in [0.2, 0.25) is 5.91 Å². The predicted octanol–water partition coefficient (Wildman–Crippen LogP) is 4.59. The Hall–Kier alpha value is -2.37. The zero-order valence-electron chi connectivity index (χ0n) is 20.5. The Morgan fingerprint density at radius 1 is 1.12 bits per heavy atom. The number of carbonyl (C=O) groups excluding carboxylic acids is 3. The van der Waals surface area contributed by atoms with Crippen LogP contribution in [0.5, 0.6) is 0 Å². The zero-order chi connectivity index (χ0) is 23.7. The minimum absolute atomic E-state index is 0.190. The average molecular weight is 442 g/mol. The summed E-state index contributed by atoms with van der Waals surface area (Å²) in [6.45, 7) is 12.7. The third kappa shape index (κ3) is 5.33. The fraction of sp³-hybridized carbons (Fsp3) is 0.654. The highest BCUT2D eigenvalue weighted by Crippen LogP contribution is 2.43. The largest absolute Gasteiger partial charge is 0.348 e. The number of hydrogen-bond acceptors (Lipinski definition) is 3. The fourth-order valence-electron chi connectivity index (χ4n) is 5.06. The van der Waals surface area contributed by atoms with E-state index in [1.54, 1.807) is 0 Å². The number of benzene rings is 1. The second kappa shape index (κ2) is 9.24. The maximum atomic E-state index is 13.1. The first kappa shape index (κ1) is 24.3. The van der Waals surface area contributed by atoms with Crippen molar-refractivity contribution in [2.45, 2.75) is 85.2 Å². The van der Waals surface area contributed by atoms with Crippen LogP contribution in [0.2, 0.25) is 0 Å². The molecule has 1 saturated carbocycles. The molecule has 1 aromatic rings. The van der Waals surface area contributed by atoms with E-state index in [2.05, 4.69) is 57.4 Å². The number of carbonyl (C=O) groups is 3. The summed E-state index contributed by atoms with van der Waals surface area (Å²) in [5.74, 6) is 0.542. The Kier molecular flexibility index (Phi) is 7.01. The predicted molar refractivity (Wildman–Crippen MR) is 126 cm³/mol. The molecule has 1 aromatic carbocycles. The lowest BCUT2D eigenvalue weighted by Crippen LogP contribution is -2.51. The summed E-state index contributed by atoms with van der Waals surface area (Å²) in [5, 5.41) is 5.84. The van der Waals surface area contributed by atoms with Crippen LogP contribution in [0.15, 0.2) is 24.3 Å². The first-order valence-corrected chi connectivity index (χ1v) is 11.9. The van der Waals surface area contributed by atoms with Gasteiger partial charge in [-0.05, 0) is 67.4 Å². The monoisotopic (exact) mass is 441 g/mol. The second-order valence-electron chi connectivity index (χ2n) is 11.2. The van der Waals surface area contributed by atoms with Crippen LogP contribution in [0.3, 0.4) is 0 Å². The van der Waals surface area contributed by atoms with E-state index in [1.165, 1.54) is 5.56 Å². The van der Waals surface area contributed by atoms with Gasteiger partial charge >= 0.3 is 6.03 Å². The number of nitrogens with one attached hydrogen (secondary N) is 2. The van der Waals surface area contributed by atoms with E-state index in [1.807, 2.05) is 19.1 Å². The molecule has 1 aliphatic carbocycles. The molecule has 0 bridgehead atoms. The van der Waals surface area contributed by atoms with Crippen LogP contribution in [0.4, 0.5) is 4.79 Å². The molecule has 3 rings (SSSR count). The molecule has 1 saturated heterocycles. The minimum Gasteiger partial charge on any atom is -0.348 e. The van der Waals surface area contributed by atoms with E-state index < -0.39 is 11.6 Å². The normalized spacial score (nSPS) is 24.7. The second-order valence-corrected chi connectivity index (χ2v) is 11.2. The van der Waals surface area contributed by atoms with Gasteiger partial charge in [-0.2, -0.15) is 0 Å². The molecule has 2 N–H and O–H groups in total. The van der Waals surface area contributed by atoms with Crippen molar-refractivity contribution >= 4 is 17.8 Å². The molecule has 1 spiro atoms. The lowest BCUT2D eigenvalue weighted by atomic mass is 9.67. The van der Waals surface area contributed by atoms with Crippen molar-refractivity contribution in [2.24, 2.45) is 17.3 Å². The van der Waals surface area contributed by atoms with Crippen LogP contribution in [-0.2, 0) is 16.0 Å². The quantitative estimate of drug-likeness (QED) is 0.634. The third-order valence-electron chi connectivity index (χ3n) is 7.11. The summed E-state index contributed by atoms with van der Waals surface area (Å²) in [6, 6.07) is 7.58. The molecule has 1 unspecified atom stereocenters. The van der Waals surface area contributed by atoms with Crippen LogP contribution in [-0.4, -0.2) is 34.8 Å². The van der Waals surface area contributed by atoms with Crippen molar-refractivity contribution < 1.29 is 14.4 Å². The lowest BCUT2D eigenvalue weighted by molar-refractivity contribution is -0.136. The highest BCUT2D eigenvalue weighted by molar-refractivity contribution is 6.09. The van der Waals surface area contributed by atoms with Crippen molar-refractivity contribution in [3.05, 3.63) is 35.4 Å². The van der Waals surface area contributed by atoms with E-state index >= 15 is 0 Å². The summed E-state index contributed by atoms with van der Waals surface area (Å²) in [6.07, 6.45) is 4.09. The van der Waals surface area contributed by atoms with Gasteiger partial charge in [0, 0.05) is 0 Å². The van der Waals surface area contributed by atoms with E-state index in [0.717, 1.165) is 29.7 Å². The molecule has 2 aliphatic rings. The molecule has 0 aromatic heterocycles. The molecular weight excluding hydrogens is 402 g/mol. The Morgan fingerprint density at radius 3 is 2.25 bits per heavy atom. The van der Waals surface area contributed by atoms with Gasteiger partial charge < -0.3 is 10.6 Å². The van der Waals surface area contributed by atoms with Crippen molar-refractivity contribution in [3.63, 3.8) is 0 Å². The average Bonchev–Trinajstić information content (AvgIpc) is 2.91. The zero-order valence-corrected chi connectivity index (χ0v) is 20.5. The van der Waals surface area contributed by atoms with Gasteiger partial charge in [-0.1, -0.05) is 58.9 Å². The third-order valence-corrected chi connectivity index (χ3v) is 7.11. The molecule has 6 heteroatoms. The van der Waals surface area contributed by atoms with Crippen LogP contribution in [0.1, 0.15) is 84.4 Å². The van der Waals surface area contributed by atoms with Gasteiger partial charge in [0.1, 0.15) is 12.1 Å². The SMILES string of the molecule is CC(C)Cc1ccc(C(C)NC(=O)CN2C(=O)NC3(CCC(C(C)(C)C)CC3)C2=O)cc1. The summed E-state index contributed by atoms with van der Waals surface area (Å²) >= 11 is 0. The first-order valence-electron chi connectivity index (χ1n) is 11.9. The van der Waals surface area contributed by atoms with Crippen LogP contribution in [0, 0.1) is 17.3 Å².